The first-order chi connectivity index (χ1) is 4.89. The highest BCUT2D eigenvalue weighted by atomic mass is 32.2. The first-order valence-corrected chi connectivity index (χ1v) is 4.23. The minimum Gasteiger partial charge on any atom is -0.480 e. The fraction of sp³-hybridized carbons (Fsp3) is 0.750. The van der Waals surface area contributed by atoms with Gasteiger partial charge >= 0.3 is 5.97 Å². The average Bonchev–Trinajstić information content (AvgIpc) is 1.87. The highest BCUT2D eigenvalue weighted by Crippen LogP contribution is 1.92. The van der Waals surface area contributed by atoms with Crippen LogP contribution in [0.4, 0.5) is 0 Å². The van der Waals surface area contributed by atoms with Gasteiger partial charge in [0.05, 0.1) is 7.11 Å². The highest BCUT2D eigenvalue weighted by molar-refractivity contribution is 7.86. The largest absolute Gasteiger partial charge is 0.480 e. The number of nitrogens with two attached hydrogens (primary N) is 1. The van der Waals surface area contributed by atoms with E-state index >= 15 is 0 Å². The van der Waals surface area contributed by atoms with E-state index in [1.165, 1.54) is 0 Å². The molecule has 7 heteroatoms. The molecule has 0 unspecified atom stereocenters. The number of hydrogen-bond acceptors (Lipinski definition) is 5. The van der Waals surface area contributed by atoms with Gasteiger partial charge in [-0.3, -0.25) is 8.98 Å². The van der Waals surface area contributed by atoms with Crippen LogP contribution in [0.25, 0.3) is 0 Å². The summed E-state index contributed by atoms with van der Waals surface area (Å²) in [6, 6.07) is -1.43. The van der Waals surface area contributed by atoms with Crippen molar-refractivity contribution < 1.29 is 22.5 Å². The Hall–Kier alpha value is -0.660. The van der Waals surface area contributed by atoms with E-state index in [0.717, 1.165) is 7.11 Å². The summed E-state index contributed by atoms with van der Waals surface area (Å²) >= 11 is 0. The fourth-order valence-electron chi connectivity index (χ4n) is 0.359. The molecule has 0 heterocycles. The molecule has 3 N–H and O–H groups in total. The maximum absolute atomic E-state index is 10.5. The number of carboxylic acids is 1. The van der Waals surface area contributed by atoms with Crippen LogP contribution in [0.2, 0.25) is 0 Å². The fourth-order valence-corrected chi connectivity index (χ4v) is 1.08. The topological polar surface area (TPSA) is 107 Å². The van der Waals surface area contributed by atoms with Crippen molar-refractivity contribution in [1.29, 1.82) is 0 Å². The monoisotopic (exact) mass is 183 g/mol. The molecule has 11 heavy (non-hydrogen) atoms. The van der Waals surface area contributed by atoms with E-state index in [1.54, 1.807) is 0 Å². The first kappa shape index (κ1) is 10.3. The van der Waals surface area contributed by atoms with Gasteiger partial charge in [-0.2, -0.15) is 8.42 Å². The van der Waals surface area contributed by atoms with Crippen LogP contribution in [-0.4, -0.2) is 38.4 Å². The van der Waals surface area contributed by atoms with Crippen molar-refractivity contribution in [2.75, 3.05) is 12.9 Å². The van der Waals surface area contributed by atoms with Gasteiger partial charge in [-0.15, -0.1) is 0 Å². The van der Waals surface area contributed by atoms with Crippen LogP contribution >= 0.6 is 0 Å². The van der Waals surface area contributed by atoms with Gasteiger partial charge in [-0.25, -0.2) is 0 Å². The Morgan fingerprint density at radius 3 is 2.45 bits per heavy atom. The van der Waals surface area contributed by atoms with Crippen LogP contribution in [0.15, 0.2) is 0 Å². The molecule has 1 atom stereocenters. The zero-order valence-electron chi connectivity index (χ0n) is 5.85. The summed E-state index contributed by atoms with van der Waals surface area (Å²) in [6.07, 6.45) is 0. The van der Waals surface area contributed by atoms with Gasteiger partial charge in [0.15, 0.2) is 0 Å². The van der Waals surface area contributed by atoms with E-state index in [9.17, 15) is 13.2 Å². The average molecular weight is 183 g/mol. The SMILES string of the molecule is COS(=O)(=O)C[C@H](N)C(=O)O. The van der Waals surface area contributed by atoms with Crippen LogP contribution in [0, 0.1) is 0 Å². The molecule has 0 bridgehead atoms. The van der Waals surface area contributed by atoms with Gasteiger partial charge in [0.1, 0.15) is 11.8 Å². The summed E-state index contributed by atoms with van der Waals surface area (Å²) in [5.74, 6) is -2.08. The van der Waals surface area contributed by atoms with Gasteiger partial charge in [-0.1, -0.05) is 0 Å². The Balaban J connectivity index is 4.16. The lowest BCUT2D eigenvalue weighted by Crippen LogP contribution is -2.37. The second-order valence-corrected chi connectivity index (χ2v) is 3.62. The summed E-state index contributed by atoms with van der Waals surface area (Å²) < 4.78 is 25.1. The van der Waals surface area contributed by atoms with Crippen molar-refractivity contribution >= 4 is 16.1 Å². The van der Waals surface area contributed by atoms with Crippen molar-refractivity contribution in [3.8, 4) is 0 Å². The summed E-state index contributed by atoms with van der Waals surface area (Å²) in [5.41, 5.74) is 4.92. The van der Waals surface area contributed by atoms with Crippen molar-refractivity contribution in [2.24, 2.45) is 5.73 Å². The maximum Gasteiger partial charge on any atom is 0.321 e. The summed E-state index contributed by atoms with van der Waals surface area (Å²) in [7, 11) is -2.82. The Morgan fingerprint density at radius 1 is 1.73 bits per heavy atom. The lowest BCUT2D eigenvalue weighted by Gasteiger charge is -2.04. The third-order valence-electron chi connectivity index (χ3n) is 0.955. The lowest BCUT2D eigenvalue weighted by molar-refractivity contribution is -0.138. The predicted molar refractivity (Wildman–Crippen MR) is 36.4 cm³/mol. The van der Waals surface area contributed by atoms with E-state index in [4.69, 9.17) is 10.8 Å². The maximum atomic E-state index is 10.5. The molecule has 0 radical (unpaired) electrons. The van der Waals surface area contributed by atoms with Crippen LogP contribution < -0.4 is 5.73 Å². The second-order valence-electron chi connectivity index (χ2n) is 1.84. The number of rotatable bonds is 4. The normalized spacial score (nSPS) is 14.4. The van der Waals surface area contributed by atoms with E-state index in [2.05, 4.69) is 4.18 Å². The molecular formula is C4H9NO5S. The van der Waals surface area contributed by atoms with Gasteiger partial charge in [0.2, 0.25) is 0 Å². The Kier molecular flexibility index (Phi) is 3.43. The van der Waals surface area contributed by atoms with Crippen LogP contribution in [0.5, 0.6) is 0 Å². The highest BCUT2D eigenvalue weighted by Gasteiger charge is 2.20. The third kappa shape index (κ3) is 3.91. The van der Waals surface area contributed by atoms with Crippen LogP contribution in [0.3, 0.4) is 0 Å². The zero-order chi connectivity index (χ0) is 9.07. The third-order valence-corrected chi connectivity index (χ3v) is 2.23. The number of hydrogen-bond donors (Lipinski definition) is 2. The van der Waals surface area contributed by atoms with E-state index in [-0.39, 0.29) is 0 Å². The molecule has 0 fully saturated rings. The minimum absolute atomic E-state index is 0.709. The Labute approximate surface area is 64.1 Å². The molecule has 0 amide bonds. The molecule has 0 aliphatic carbocycles. The summed E-state index contributed by atoms with van der Waals surface area (Å²) in [5, 5.41) is 8.20. The van der Waals surface area contributed by atoms with Gasteiger partial charge < -0.3 is 10.8 Å². The Morgan fingerprint density at radius 2 is 2.18 bits per heavy atom. The summed E-state index contributed by atoms with van der Waals surface area (Å²) in [4.78, 5) is 10.0. The molecule has 0 aliphatic rings. The van der Waals surface area contributed by atoms with Crippen LogP contribution in [0.1, 0.15) is 0 Å². The van der Waals surface area contributed by atoms with Gasteiger partial charge in [0, 0.05) is 0 Å². The number of carboxylic acid groups (broad SMARTS) is 1. The second kappa shape index (κ2) is 3.65. The van der Waals surface area contributed by atoms with E-state index < -0.39 is 27.9 Å². The molecule has 6 nitrogen and oxygen atoms in total. The van der Waals surface area contributed by atoms with E-state index in [0.29, 0.717) is 0 Å². The van der Waals surface area contributed by atoms with Crippen molar-refractivity contribution in [2.45, 2.75) is 6.04 Å². The van der Waals surface area contributed by atoms with Crippen LogP contribution in [-0.2, 0) is 19.1 Å². The van der Waals surface area contributed by atoms with Crippen molar-refractivity contribution in [1.82, 2.24) is 0 Å². The zero-order valence-corrected chi connectivity index (χ0v) is 6.67. The molecule has 0 saturated carbocycles. The molecule has 66 valence electrons. The van der Waals surface area contributed by atoms with Gasteiger partial charge in [0.25, 0.3) is 10.1 Å². The number of aliphatic carboxylic acids is 1. The molecule has 0 aliphatic heterocycles. The molecule has 0 rings (SSSR count). The summed E-state index contributed by atoms with van der Waals surface area (Å²) in [6.45, 7) is 0. The molecule has 0 saturated heterocycles. The Bertz CT molecular complexity index is 233. The molecule has 0 aromatic heterocycles. The quantitative estimate of drug-likeness (QED) is 0.507. The minimum atomic E-state index is -3.77. The predicted octanol–water partition coefficient (Wildman–Crippen LogP) is -1.63. The van der Waals surface area contributed by atoms with Crippen molar-refractivity contribution in [3.05, 3.63) is 0 Å². The molecule has 0 aromatic rings. The van der Waals surface area contributed by atoms with Crippen molar-refractivity contribution in [3.63, 3.8) is 0 Å². The lowest BCUT2D eigenvalue weighted by atomic mass is 10.4. The molecular weight excluding hydrogens is 174 g/mol. The number of carbonyl (C=O) groups is 1. The van der Waals surface area contributed by atoms with E-state index in [1.807, 2.05) is 0 Å². The van der Waals surface area contributed by atoms with Gasteiger partial charge in [-0.05, 0) is 0 Å². The molecule has 0 spiro atoms. The smallest absolute Gasteiger partial charge is 0.321 e. The molecule has 0 aromatic carbocycles. The first-order valence-electron chi connectivity index (χ1n) is 2.65. The standard InChI is InChI=1S/C4H9NO5S/c1-10-11(8,9)2-3(5)4(6)7/h3H,2,5H2,1H3,(H,6,7)/t3-/m0/s1.